The van der Waals surface area contributed by atoms with E-state index in [0.29, 0.717) is 0 Å². The molecule has 2 rings (SSSR count). The number of hydrogen-bond acceptors (Lipinski definition) is 1. The highest BCUT2D eigenvalue weighted by molar-refractivity contribution is 14.0. The van der Waals surface area contributed by atoms with Crippen LogP contribution in [-0.2, 0) is 0 Å². The molecule has 3 nitrogen and oxygen atoms in total. The van der Waals surface area contributed by atoms with Gasteiger partial charge in [0.25, 0.3) is 0 Å². The van der Waals surface area contributed by atoms with Gasteiger partial charge in [-0.3, -0.25) is 4.99 Å². The van der Waals surface area contributed by atoms with Crippen LogP contribution in [0.5, 0.6) is 0 Å². The number of guanidine groups is 1. The predicted molar refractivity (Wildman–Crippen MR) is 96.9 cm³/mol. The van der Waals surface area contributed by atoms with Crippen molar-refractivity contribution in [2.45, 2.75) is 45.1 Å². The Morgan fingerprint density at radius 1 is 1.27 bits per heavy atom. The van der Waals surface area contributed by atoms with Crippen LogP contribution in [0.15, 0.2) is 23.2 Å². The zero-order valence-electron chi connectivity index (χ0n) is 13.0. The number of hydrogen-bond donors (Lipinski definition) is 2. The molecule has 1 saturated carbocycles. The molecule has 2 unspecified atom stereocenters. The molecule has 124 valence electrons. The van der Waals surface area contributed by atoms with E-state index in [9.17, 15) is 8.78 Å². The Kier molecular flexibility index (Phi) is 8.06. The van der Waals surface area contributed by atoms with Crippen molar-refractivity contribution >= 4 is 29.9 Å². The largest absolute Gasteiger partial charge is 0.357 e. The van der Waals surface area contributed by atoms with Crippen molar-refractivity contribution < 1.29 is 8.78 Å². The zero-order valence-corrected chi connectivity index (χ0v) is 15.4. The zero-order chi connectivity index (χ0) is 15.2. The van der Waals surface area contributed by atoms with Gasteiger partial charge in [-0.25, -0.2) is 8.78 Å². The maximum absolute atomic E-state index is 13.7. The Labute approximate surface area is 148 Å². The highest BCUT2D eigenvalue weighted by Gasteiger charge is 2.42. The second-order valence-electron chi connectivity index (χ2n) is 5.34. The molecule has 0 heterocycles. The van der Waals surface area contributed by atoms with Crippen LogP contribution < -0.4 is 10.6 Å². The van der Waals surface area contributed by atoms with Gasteiger partial charge in [0.15, 0.2) is 5.96 Å². The standard InChI is InChI=1S/C16H23F2N3.HI/c1-3-5-9-20-16(19-4-2)21-14-10-11(14)15-12(17)7-6-8-13(15)18;/h6-8,11,14H,3-5,9-10H2,1-2H3,(H2,19,20,21);1H. The van der Waals surface area contributed by atoms with Crippen molar-refractivity contribution in [3.05, 3.63) is 35.4 Å². The maximum atomic E-state index is 13.7. The van der Waals surface area contributed by atoms with Crippen molar-refractivity contribution in [2.75, 3.05) is 13.1 Å². The summed E-state index contributed by atoms with van der Waals surface area (Å²) in [6.45, 7) is 5.65. The minimum absolute atomic E-state index is 0. The van der Waals surface area contributed by atoms with E-state index in [-0.39, 0.29) is 41.5 Å². The molecule has 0 aromatic heterocycles. The fourth-order valence-electron chi connectivity index (χ4n) is 2.38. The van der Waals surface area contributed by atoms with E-state index in [1.807, 2.05) is 6.92 Å². The third-order valence-corrected chi connectivity index (χ3v) is 3.61. The molecule has 0 bridgehead atoms. The topological polar surface area (TPSA) is 36.4 Å². The van der Waals surface area contributed by atoms with Crippen LogP contribution in [0.2, 0.25) is 0 Å². The first-order valence-corrected chi connectivity index (χ1v) is 7.66. The summed E-state index contributed by atoms with van der Waals surface area (Å²) in [5.41, 5.74) is 0.194. The Hall–Kier alpha value is -0.920. The van der Waals surface area contributed by atoms with E-state index in [4.69, 9.17) is 0 Å². The molecule has 0 spiro atoms. The Bertz CT molecular complexity index is 488. The van der Waals surface area contributed by atoms with Crippen molar-refractivity contribution in [2.24, 2.45) is 4.99 Å². The first kappa shape index (κ1) is 19.1. The lowest BCUT2D eigenvalue weighted by Gasteiger charge is -2.11. The fourth-order valence-corrected chi connectivity index (χ4v) is 2.38. The van der Waals surface area contributed by atoms with Gasteiger partial charge in [-0.1, -0.05) is 19.4 Å². The number of aliphatic imine (C=N–C) groups is 1. The molecule has 1 aromatic rings. The van der Waals surface area contributed by atoms with Gasteiger partial charge >= 0.3 is 0 Å². The van der Waals surface area contributed by atoms with Crippen LogP contribution in [-0.4, -0.2) is 25.1 Å². The molecule has 0 saturated heterocycles. The van der Waals surface area contributed by atoms with Crippen LogP contribution >= 0.6 is 24.0 Å². The van der Waals surface area contributed by atoms with E-state index in [2.05, 4.69) is 22.5 Å². The Balaban J connectivity index is 0.00000242. The van der Waals surface area contributed by atoms with Gasteiger partial charge < -0.3 is 10.6 Å². The summed E-state index contributed by atoms with van der Waals surface area (Å²) in [6.07, 6.45) is 2.86. The third kappa shape index (κ3) is 5.07. The van der Waals surface area contributed by atoms with Crippen molar-refractivity contribution in [1.29, 1.82) is 0 Å². The predicted octanol–water partition coefficient (Wildman–Crippen LogP) is 3.79. The number of unbranched alkanes of at least 4 members (excludes halogenated alkanes) is 1. The van der Waals surface area contributed by atoms with E-state index in [1.54, 1.807) is 0 Å². The lowest BCUT2D eigenvalue weighted by Crippen LogP contribution is -2.39. The molecule has 2 atom stereocenters. The summed E-state index contributed by atoms with van der Waals surface area (Å²) < 4.78 is 27.5. The summed E-state index contributed by atoms with van der Waals surface area (Å²) in [6, 6.07) is 4.08. The summed E-state index contributed by atoms with van der Waals surface area (Å²) in [4.78, 5) is 4.46. The molecule has 1 aliphatic rings. The van der Waals surface area contributed by atoms with E-state index < -0.39 is 11.6 Å². The number of rotatable bonds is 6. The molecular weight excluding hydrogens is 399 g/mol. The minimum Gasteiger partial charge on any atom is -0.357 e. The monoisotopic (exact) mass is 423 g/mol. The first-order chi connectivity index (χ1) is 10.2. The SMILES string of the molecule is CCCCN=C(NCC)NC1CC1c1c(F)cccc1F.I. The summed E-state index contributed by atoms with van der Waals surface area (Å²) in [5.74, 6) is -0.300. The minimum atomic E-state index is -0.461. The summed E-state index contributed by atoms with van der Waals surface area (Å²) in [5, 5.41) is 6.42. The molecule has 0 aliphatic heterocycles. The second kappa shape index (κ2) is 9.27. The molecule has 1 aromatic carbocycles. The van der Waals surface area contributed by atoms with Gasteiger partial charge in [0.1, 0.15) is 11.6 Å². The van der Waals surface area contributed by atoms with E-state index in [0.717, 1.165) is 38.3 Å². The molecule has 6 heteroatoms. The van der Waals surface area contributed by atoms with E-state index in [1.165, 1.54) is 18.2 Å². The number of benzene rings is 1. The van der Waals surface area contributed by atoms with Gasteiger partial charge in [0, 0.05) is 30.6 Å². The summed E-state index contributed by atoms with van der Waals surface area (Å²) in [7, 11) is 0. The second-order valence-corrected chi connectivity index (χ2v) is 5.34. The highest BCUT2D eigenvalue weighted by atomic mass is 127. The number of nitrogens with one attached hydrogen (secondary N) is 2. The molecular formula is C16H24F2IN3. The lowest BCUT2D eigenvalue weighted by atomic mass is 10.1. The fraction of sp³-hybridized carbons (Fsp3) is 0.562. The van der Waals surface area contributed by atoms with Gasteiger partial charge in [-0.05, 0) is 31.9 Å². The highest BCUT2D eigenvalue weighted by Crippen LogP contribution is 2.42. The molecule has 2 N–H and O–H groups in total. The molecule has 0 amide bonds. The molecule has 1 aliphatic carbocycles. The van der Waals surface area contributed by atoms with Crippen LogP contribution in [0.1, 0.15) is 44.6 Å². The maximum Gasteiger partial charge on any atom is 0.191 e. The van der Waals surface area contributed by atoms with Crippen LogP contribution in [0.3, 0.4) is 0 Å². The third-order valence-electron chi connectivity index (χ3n) is 3.61. The normalized spacial score (nSPS) is 20.3. The van der Waals surface area contributed by atoms with Crippen molar-refractivity contribution in [1.82, 2.24) is 10.6 Å². The average Bonchev–Trinajstić information content (AvgIpc) is 3.18. The molecule has 0 radical (unpaired) electrons. The molecule has 1 fully saturated rings. The number of halogens is 3. The quantitative estimate of drug-likeness (QED) is 0.316. The van der Waals surface area contributed by atoms with Crippen molar-refractivity contribution in [3.8, 4) is 0 Å². The van der Waals surface area contributed by atoms with Crippen LogP contribution in [0, 0.1) is 11.6 Å². The van der Waals surface area contributed by atoms with Crippen LogP contribution in [0.25, 0.3) is 0 Å². The first-order valence-electron chi connectivity index (χ1n) is 7.66. The Morgan fingerprint density at radius 3 is 2.55 bits per heavy atom. The lowest BCUT2D eigenvalue weighted by molar-refractivity contribution is 0.553. The number of nitrogens with zero attached hydrogens (tertiary/aromatic N) is 1. The van der Waals surface area contributed by atoms with E-state index >= 15 is 0 Å². The van der Waals surface area contributed by atoms with Crippen LogP contribution in [0.4, 0.5) is 8.78 Å². The van der Waals surface area contributed by atoms with Gasteiger partial charge in [0.05, 0.1) is 0 Å². The Morgan fingerprint density at radius 2 is 1.95 bits per heavy atom. The molecule has 22 heavy (non-hydrogen) atoms. The summed E-state index contributed by atoms with van der Waals surface area (Å²) >= 11 is 0. The smallest absolute Gasteiger partial charge is 0.191 e. The van der Waals surface area contributed by atoms with Gasteiger partial charge in [-0.2, -0.15) is 0 Å². The average molecular weight is 423 g/mol. The van der Waals surface area contributed by atoms with Gasteiger partial charge in [-0.15, -0.1) is 24.0 Å². The van der Waals surface area contributed by atoms with Crippen molar-refractivity contribution in [3.63, 3.8) is 0 Å². The van der Waals surface area contributed by atoms with Gasteiger partial charge in [0.2, 0.25) is 0 Å².